The Morgan fingerprint density at radius 3 is 2.73 bits per heavy atom. The molecule has 1 N–H and O–H groups in total. The van der Waals surface area contributed by atoms with E-state index in [4.69, 9.17) is 14.6 Å². The summed E-state index contributed by atoms with van der Waals surface area (Å²) in [6.07, 6.45) is 0.692. The van der Waals surface area contributed by atoms with Gasteiger partial charge < -0.3 is 14.6 Å². The molecule has 136 valence electrons. The maximum atomic E-state index is 12.9. The molecule has 2 aliphatic rings. The van der Waals surface area contributed by atoms with Gasteiger partial charge in [0, 0.05) is 13.1 Å². The van der Waals surface area contributed by atoms with Crippen LogP contribution in [0, 0.1) is 0 Å². The van der Waals surface area contributed by atoms with Crippen LogP contribution < -0.4 is 9.47 Å². The first-order chi connectivity index (χ1) is 12.4. The number of benzene rings is 2. The molecule has 26 heavy (non-hydrogen) atoms. The largest absolute Gasteiger partial charge is 0.478 e. The summed E-state index contributed by atoms with van der Waals surface area (Å²) < 4.78 is 37.8. The zero-order valence-electron chi connectivity index (χ0n) is 13.8. The molecule has 1 atom stereocenters. The zero-order valence-corrected chi connectivity index (χ0v) is 14.6. The summed E-state index contributed by atoms with van der Waals surface area (Å²) in [5.41, 5.74) is 0.962. The highest BCUT2D eigenvalue weighted by atomic mass is 32.2. The fourth-order valence-corrected chi connectivity index (χ4v) is 4.87. The SMILES string of the molecule is O=C(O)c1cccc(S(=O)(=O)N2CCC(c3ccc4c(c3)OCO4)C2)c1. The molecule has 0 spiro atoms. The van der Waals surface area contributed by atoms with Gasteiger partial charge in [-0.1, -0.05) is 12.1 Å². The van der Waals surface area contributed by atoms with Crippen LogP contribution in [0.1, 0.15) is 28.3 Å². The Morgan fingerprint density at radius 2 is 1.92 bits per heavy atom. The van der Waals surface area contributed by atoms with Gasteiger partial charge >= 0.3 is 5.97 Å². The minimum absolute atomic E-state index is 0.00346. The zero-order chi connectivity index (χ0) is 18.3. The molecule has 4 rings (SSSR count). The molecule has 2 aromatic carbocycles. The molecule has 8 heteroatoms. The number of nitrogens with zero attached hydrogens (tertiary/aromatic N) is 1. The van der Waals surface area contributed by atoms with Gasteiger partial charge in [0.1, 0.15) is 0 Å². The lowest BCUT2D eigenvalue weighted by atomic mass is 9.98. The van der Waals surface area contributed by atoms with Gasteiger partial charge in [0.05, 0.1) is 10.5 Å². The fourth-order valence-electron chi connectivity index (χ4n) is 3.32. The number of fused-ring (bicyclic) bond motifs is 1. The molecule has 2 heterocycles. The molecular formula is C18H17NO6S. The molecule has 7 nitrogen and oxygen atoms in total. The monoisotopic (exact) mass is 375 g/mol. The van der Waals surface area contributed by atoms with Crippen LogP contribution in [0.2, 0.25) is 0 Å². The molecule has 0 amide bonds. The number of sulfonamides is 1. The third-order valence-corrected chi connectivity index (χ3v) is 6.60. The molecule has 1 saturated heterocycles. The van der Waals surface area contributed by atoms with E-state index in [1.165, 1.54) is 28.6 Å². The van der Waals surface area contributed by atoms with Crippen molar-refractivity contribution in [1.29, 1.82) is 0 Å². The van der Waals surface area contributed by atoms with E-state index in [2.05, 4.69) is 0 Å². The van der Waals surface area contributed by atoms with E-state index in [1.807, 2.05) is 18.2 Å². The summed E-state index contributed by atoms with van der Waals surface area (Å²) in [5.74, 6) is 0.281. The molecule has 0 radical (unpaired) electrons. The lowest BCUT2D eigenvalue weighted by Crippen LogP contribution is -2.28. The summed E-state index contributed by atoms with van der Waals surface area (Å²) in [6.45, 7) is 0.932. The summed E-state index contributed by atoms with van der Waals surface area (Å²) in [4.78, 5) is 11.1. The topological polar surface area (TPSA) is 93.1 Å². The highest BCUT2D eigenvalue weighted by Crippen LogP contribution is 2.38. The van der Waals surface area contributed by atoms with Crippen LogP contribution in [0.4, 0.5) is 0 Å². The minimum atomic E-state index is -3.73. The molecule has 0 bridgehead atoms. The third kappa shape index (κ3) is 2.91. The number of carboxylic acid groups (broad SMARTS) is 1. The van der Waals surface area contributed by atoms with Crippen LogP contribution in [0.3, 0.4) is 0 Å². The standard InChI is InChI=1S/C18H17NO6S/c20-18(21)13-2-1-3-15(8-13)26(22,23)19-7-6-14(10-19)12-4-5-16-17(9-12)25-11-24-16/h1-5,8-9,14H,6-7,10-11H2,(H,20,21). The van der Waals surface area contributed by atoms with Crippen molar-refractivity contribution in [1.82, 2.24) is 4.31 Å². The lowest BCUT2D eigenvalue weighted by molar-refractivity contribution is 0.0696. The van der Waals surface area contributed by atoms with Gasteiger partial charge in [-0.25, -0.2) is 13.2 Å². The maximum absolute atomic E-state index is 12.9. The number of rotatable bonds is 4. The Kier molecular flexibility index (Phi) is 4.08. The fraction of sp³-hybridized carbons (Fsp3) is 0.278. The van der Waals surface area contributed by atoms with Gasteiger partial charge in [-0.15, -0.1) is 0 Å². The van der Waals surface area contributed by atoms with Crippen molar-refractivity contribution in [3.8, 4) is 11.5 Å². The number of carbonyl (C=O) groups is 1. The van der Waals surface area contributed by atoms with Crippen molar-refractivity contribution < 1.29 is 27.8 Å². The summed E-state index contributed by atoms with van der Waals surface area (Å²) in [5, 5.41) is 9.08. The number of hydrogen-bond acceptors (Lipinski definition) is 5. The smallest absolute Gasteiger partial charge is 0.335 e. The minimum Gasteiger partial charge on any atom is -0.478 e. The van der Waals surface area contributed by atoms with Crippen molar-refractivity contribution in [2.75, 3.05) is 19.9 Å². The average molecular weight is 375 g/mol. The molecule has 0 aliphatic carbocycles. The van der Waals surface area contributed by atoms with E-state index in [9.17, 15) is 13.2 Å². The van der Waals surface area contributed by atoms with Crippen molar-refractivity contribution >= 4 is 16.0 Å². The Bertz CT molecular complexity index is 971. The van der Waals surface area contributed by atoms with Crippen LogP contribution in [0.15, 0.2) is 47.4 Å². The number of aromatic carboxylic acids is 1. The van der Waals surface area contributed by atoms with Gasteiger partial charge in [0.25, 0.3) is 0 Å². The first-order valence-corrected chi connectivity index (χ1v) is 9.62. The second-order valence-corrected chi connectivity index (χ2v) is 8.23. The van der Waals surface area contributed by atoms with Crippen molar-refractivity contribution in [2.24, 2.45) is 0 Å². The molecule has 0 saturated carbocycles. The maximum Gasteiger partial charge on any atom is 0.335 e. The molecule has 1 unspecified atom stereocenters. The Hall–Kier alpha value is -2.58. The highest BCUT2D eigenvalue weighted by Gasteiger charge is 2.34. The number of carboxylic acids is 1. The van der Waals surface area contributed by atoms with Gasteiger partial charge in [0.15, 0.2) is 11.5 Å². The van der Waals surface area contributed by atoms with Crippen molar-refractivity contribution in [2.45, 2.75) is 17.2 Å². The van der Waals surface area contributed by atoms with E-state index < -0.39 is 16.0 Å². The Labute approximate surface area is 150 Å². The molecule has 0 aromatic heterocycles. The molecule has 2 aromatic rings. The van der Waals surface area contributed by atoms with Crippen molar-refractivity contribution in [3.63, 3.8) is 0 Å². The molecule has 1 fully saturated rings. The van der Waals surface area contributed by atoms with E-state index in [-0.39, 0.29) is 23.2 Å². The van der Waals surface area contributed by atoms with E-state index >= 15 is 0 Å². The highest BCUT2D eigenvalue weighted by molar-refractivity contribution is 7.89. The second-order valence-electron chi connectivity index (χ2n) is 6.29. The first-order valence-electron chi connectivity index (χ1n) is 8.18. The predicted octanol–water partition coefficient (Wildman–Crippen LogP) is 2.29. The normalized spacial score (nSPS) is 19.6. The second kappa shape index (κ2) is 6.30. The Morgan fingerprint density at radius 1 is 1.12 bits per heavy atom. The molecule has 2 aliphatic heterocycles. The summed E-state index contributed by atoms with van der Waals surface area (Å²) in [6, 6.07) is 11.1. The van der Waals surface area contributed by atoms with Crippen LogP contribution in [-0.4, -0.2) is 43.7 Å². The van der Waals surface area contributed by atoms with Gasteiger partial charge in [-0.3, -0.25) is 0 Å². The van der Waals surface area contributed by atoms with Gasteiger partial charge in [0.2, 0.25) is 16.8 Å². The van der Waals surface area contributed by atoms with E-state index in [1.54, 1.807) is 0 Å². The number of ether oxygens (including phenoxy) is 2. The van der Waals surface area contributed by atoms with Crippen molar-refractivity contribution in [3.05, 3.63) is 53.6 Å². The van der Waals surface area contributed by atoms with E-state index in [0.29, 0.717) is 31.0 Å². The lowest BCUT2D eigenvalue weighted by Gasteiger charge is -2.17. The van der Waals surface area contributed by atoms with Crippen LogP contribution in [-0.2, 0) is 10.0 Å². The first kappa shape index (κ1) is 16.9. The predicted molar refractivity (Wildman–Crippen MR) is 92.1 cm³/mol. The van der Waals surface area contributed by atoms with Crippen LogP contribution in [0.25, 0.3) is 0 Å². The van der Waals surface area contributed by atoms with Crippen LogP contribution in [0.5, 0.6) is 11.5 Å². The Balaban J connectivity index is 1.56. The van der Waals surface area contributed by atoms with Gasteiger partial charge in [-0.05, 0) is 48.2 Å². The molecular weight excluding hydrogens is 358 g/mol. The summed E-state index contributed by atoms with van der Waals surface area (Å²) in [7, 11) is -3.73. The summed E-state index contributed by atoms with van der Waals surface area (Å²) >= 11 is 0. The van der Waals surface area contributed by atoms with Gasteiger partial charge in [-0.2, -0.15) is 4.31 Å². The van der Waals surface area contributed by atoms with Crippen LogP contribution >= 0.6 is 0 Å². The third-order valence-electron chi connectivity index (χ3n) is 4.74. The van der Waals surface area contributed by atoms with E-state index in [0.717, 1.165) is 5.56 Å². The quantitative estimate of drug-likeness (QED) is 0.881. The average Bonchev–Trinajstić information content (AvgIpc) is 3.30. The number of hydrogen-bond donors (Lipinski definition) is 1.